The molecular weight excluding hydrogens is 222 g/mol. The minimum atomic E-state index is -0.329. The second-order valence-corrected chi connectivity index (χ2v) is 3.51. The van der Waals surface area contributed by atoms with Crippen LogP contribution in [0.15, 0.2) is 12.2 Å². The van der Waals surface area contributed by atoms with Gasteiger partial charge < -0.3 is 4.74 Å². The van der Waals surface area contributed by atoms with Crippen molar-refractivity contribution in [2.24, 2.45) is 0 Å². The first kappa shape index (κ1) is 15.3. The minimum Gasteiger partial charge on any atom is -0.466 e. The lowest BCUT2D eigenvalue weighted by atomic mass is 10.3. The van der Waals surface area contributed by atoms with Gasteiger partial charge in [-0.1, -0.05) is 20.3 Å². The number of hydrogen-bond acceptors (Lipinski definition) is 4. The molecule has 2 amide bonds. The van der Waals surface area contributed by atoms with Gasteiger partial charge in [0.1, 0.15) is 0 Å². The third-order valence-corrected chi connectivity index (χ3v) is 1.85. The number of carbonyl (C=O) groups excluding carboxylic acids is 3. The molecule has 0 unspecified atom stereocenters. The molecular formula is C12H19NO4. The second kappa shape index (κ2) is 9.57. The molecule has 17 heavy (non-hydrogen) atoms. The topological polar surface area (TPSA) is 72.5 Å². The minimum absolute atomic E-state index is 0.0593. The normalized spacial score (nSPS) is 12.8. The number of rotatable bonds is 5. The number of ether oxygens (including phenoxy) is 1. The molecule has 96 valence electrons. The van der Waals surface area contributed by atoms with E-state index in [1.54, 1.807) is 0 Å². The molecule has 1 rings (SSSR count). The third kappa shape index (κ3) is 9.29. The quantitative estimate of drug-likeness (QED) is 0.447. The number of unbranched alkanes of at least 4 members (excludes halogenated alkanes) is 1. The molecule has 1 N–H and O–H groups in total. The van der Waals surface area contributed by atoms with E-state index in [0.717, 1.165) is 19.3 Å². The van der Waals surface area contributed by atoms with Gasteiger partial charge in [-0.25, -0.2) is 0 Å². The predicted molar refractivity (Wildman–Crippen MR) is 63.1 cm³/mol. The number of hydrogen-bond donors (Lipinski definition) is 1. The average molecular weight is 241 g/mol. The molecule has 5 heteroatoms. The Labute approximate surface area is 101 Å². The van der Waals surface area contributed by atoms with Gasteiger partial charge in [-0.3, -0.25) is 19.7 Å². The first-order valence-electron chi connectivity index (χ1n) is 5.78. The van der Waals surface area contributed by atoms with E-state index in [0.29, 0.717) is 13.0 Å². The van der Waals surface area contributed by atoms with Crippen LogP contribution < -0.4 is 5.32 Å². The van der Waals surface area contributed by atoms with E-state index >= 15 is 0 Å². The Balaban J connectivity index is 0.000000318. The lowest BCUT2D eigenvalue weighted by Crippen LogP contribution is -2.19. The van der Waals surface area contributed by atoms with E-state index in [-0.39, 0.29) is 17.8 Å². The molecule has 5 nitrogen and oxygen atoms in total. The average Bonchev–Trinajstić information content (AvgIpc) is 2.64. The maximum Gasteiger partial charge on any atom is 0.305 e. The van der Waals surface area contributed by atoms with Gasteiger partial charge in [-0.2, -0.15) is 0 Å². The summed E-state index contributed by atoms with van der Waals surface area (Å²) in [6.07, 6.45) is 5.90. The lowest BCUT2D eigenvalue weighted by molar-refractivity contribution is -0.143. The van der Waals surface area contributed by atoms with Crippen molar-refractivity contribution in [3.63, 3.8) is 0 Å². The van der Waals surface area contributed by atoms with E-state index in [2.05, 4.69) is 6.92 Å². The van der Waals surface area contributed by atoms with E-state index in [1.165, 1.54) is 12.2 Å². The zero-order valence-corrected chi connectivity index (χ0v) is 10.3. The molecule has 0 bridgehead atoms. The van der Waals surface area contributed by atoms with Crippen molar-refractivity contribution in [1.82, 2.24) is 5.32 Å². The van der Waals surface area contributed by atoms with E-state index < -0.39 is 0 Å². The number of nitrogens with one attached hydrogen (secondary N) is 1. The Hall–Kier alpha value is -1.65. The van der Waals surface area contributed by atoms with E-state index in [9.17, 15) is 14.4 Å². The summed E-state index contributed by atoms with van der Waals surface area (Å²) < 4.78 is 4.88. The van der Waals surface area contributed by atoms with Crippen molar-refractivity contribution in [3.05, 3.63) is 12.2 Å². The van der Waals surface area contributed by atoms with Gasteiger partial charge in [-0.05, 0) is 12.8 Å². The summed E-state index contributed by atoms with van der Waals surface area (Å²) >= 11 is 0. The van der Waals surface area contributed by atoms with Gasteiger partial charge in [0.25, 0.3) is 11.8 Å². The smallest absolute Gasteiger partial charge is 0.305 e. The zero-order valence-electron chi connectivity index (χ0n) is 10.3. The molecule has 0 aromatic heterocycles. The summed E-state index contributed by atoms with van der Waals surface area (Å²) in [5, 5.41) is 2.03. The lowest BCUT2D eigenvalue weighted by Gasteiger charge is -2.00. The molecule has 0 aromatic rings. The van der Waals surface area contributed by atoms with Crippen molar-refractivity contribution >= 4 is 17.8 Å². The van der Waals surface area contributed by atoms with Crippen molar-refractivity contribution in [2.75, 3.05) is 6.61 Å². The summed E-state index contributed by atoms with van der Waals surface area (Å²) in [5.41, 5.74) is 0. The number of imide groups is 1. The van der Waals surface area contributed by atoms with Gasteiger partial charge in [0.2, 0.25) is 0 Å². The van der Waals surface area contributed by atoms with Crippen molar-refractivity contribution in [3.8, 4) is 0 Å². The molecule has 0 saturated carbocycles. The van der Waals surface area contributed by atoms with Crippen molar-refractivity contribution in [1.29, 1.82) is 0 Å². The van der Waals surface area contributed by atoms with Crippen LogP contribution in [-0.2, 0) is 19.1 Å². The predicted octanol–water partition coefficient (Wildman–Crippen LogP) is 1.33. The van der Waals surface area contributed by atoms with Crippen LogP contribution in [0.2, 0.25) is 0 Å². The maximum absolute atomic E-state index is 10.7. The van der Waals surface area contributed by atoms with Crippen LogP contribution in [-0.4, -0.2) is 24.4 Å². The summed E-state index contributed by atoms with van der Waals surface area (Å²) in [4.78, 5) is 30.8. The van der Waals surface area contributed by atoms with Crippen molar-refractivity contribution < 1.29 is 19.1 Å². The van der Waals surface area contributed by atoms with Crippen molar-refractivity contribution in [2.45, 2.75) is 39.5 Å². The van der Waals surface area contributed by atoms with Crippen LogP contribution in [0.3, 0.4) is 0 Å². The fourth-order valence-electron chi connectivity index (χ4n) is 0.963. The molecule has 0 saturated heterocycles. The van der Waals surface area contributed by atoms with E-state index in [4.69, 9.17) is 4.74 Å². The molecule has 0 radical (unpaired) electrons. The fourth-order valence-corrected chi connectivity index (χ4v) is 0.963. The summed E-state index contributed by atoms with van der Waals surface area (Å²) in [6.45, 7) is 4.64. The standard InChI is InChI=1S/C8H16O2.C4H3NO2/c1-3-5-7-10-8(9)6-4-2;6-3-1-2-4(7)5-3/h3-7H2,1-2H3;1-2H,(H,5,6,7). The van der Waals surface area contributed by atoms with Crippen LogP contribution in [0.25, 0.3) is 0 Å². The molecule has 0 aromatic carbocycles. The third-order valence-electron chi connectivity index (χ3n) is 1.85. The summed E-state index contributed by atoms with van der Waals surface area (Å²) in [6, 6.07) is 0. The Bertz CT molecular complexity index is 281. The highest BCUT2D eigenvalue weighted by molar-refractivity contribution is 6.12. The molecule has 1 heterocycles. The van der Waals surface area contributed by atoms with E-state index in [1.807, 2.05) is 12.2 Å². The Morgan fingerprint density at radius 3 is 2.12 bits per heavy atom. The molecule has 1 aliphatic heterocycles. The summed E-state index contributed by atoms with van der Waals surface area (Å²) in [7, 11) is 0. The highest BCUT2D eigenvalue weighted by atomic mass is 16.5. The van der Waals surface area contributed by atoms with Crippen LogP contribution in [0.4, 0.5) is 0 Å². The van der Waals surface area contributed by atoms with Gasteiger partial charge in [0, 0.05) is 18.6 Å². The molecule has 0 fully saturated rings. The van der Waals surface area contributed by atoms with Crippen LogP contribution in [0, 0.1) is 0 Å². The maximum atomic E-state index is 10.7. The first-order chi connectivity index (χ1) is 8.10. The Morgan fingerprint density at radius 2 is 1.76 bits per heavy atom. The van der Waals surface area contributed by atoms with Crippen LogP contribution >= 0.6 is 0 Å². The highest BCUT2D eigenvalue weighted by Gasteiger charge is 2.06. The van der Waals surface area contributed by atoms with Gasteiger partial charge in [0.05, 0.1) is 6.61 Å². The zero-order chi connectivity index (χ0) is 13.1. The number of carbonyl (C=O) groups is 3. The second-order valence-electron chi connectivity index (χ2n) is 3.51. The molecule has 0 spiro atoms. The van der Waals surface area contributed by atoms with Crippen LogP contribution in [0.1, 0.15) is 39.5 Å². The monoisotopic (exact) mass is 241 g/mol. The van der Waals surface area contributed by atoms with Crippen LogP contribution in [0.5, 0.6) is 0 Å². The fraction of sp³-hybridized carbons (Fsp3) is 0.583. The first-order valence-corrected chi connectivity index (χ1v) is 5.78. The van der Waals surface area contributed by atoms with Gasteiger partial charge in [0.15, 0.2) is 0 Å². The largest absolute Gasteiger partial charge is 0.466 e. The Morgan fingerprint density at radius 1 is 1.18 bits per heavy atom. The Kier molecular flexibility index (Phi) is 8.64. The summed E-state index contributed by atoms with van der Waals surface area (Å²) in [5.74, 6) is -0.717. The number of esters is 1. The molecule has 0 aliphatic carbocycles. The number of amides is 2. The van der Waals surface area contributed by atoms with Gasteiger partial charge in [-0.15, -0.1) is 0 Å². The highest BCUT2D eigenvalue weighted by Crippen LogP contribution is 1.93. The SMILES string of the molecule is CCCCOC(=O)CCC.O=C1C=CC(=O)N1. The van der Waals surface area contributed by atoms with Gasteiger partial charge >= 0.3 is 5.97 Å². The molecule has 1 aliphatic rings. The molecule has 0 atom stereocenters.